The first-order valence-electron chi connectivity index (χ1n) is 9.72. The Morgan fingerprint density at radius 2 is 1.86 bits per heavy atom. The van der Waals surface area contributed by atoms with E-state index in [1.54, 1.807) is 11.3 Å². The number of benzene rings is 2. The van der Waals surface area contributed by atoms with Crippen LogP contribution in [0.5, 0.6) is 0 Å². The van der Waals surface area contributed by atoms with E-state index in [4.69, 9.17) is 4.98 Å². The van der Waals surface area contributed by atoms with Crippen LogP contribution in [0.4, 0.5) is 5.13 Å². The number of aryl methyl sites for hydroxylation is 3. The van der Waals surface area contributed by atoms with Gasteiger partial charge in [0, 0.05) is 6.54 Å². The third-order valence-electron chi connectivity index (χ3n) is 5.03. The van der Waals surface area contributed by atoms with Crippen molar-refractivity contribution in [2.24, 2.45) is 0 Å². The van der Waals surface area contributed by atoms with Gasteiger partial charge in [-0.25, -0.2) is 4.98 Å². The third kappa shape index (κ3) is 4.78. The van der Waals surface area contributed by atoms with E-state index in [-0.39, 0.29) is 5.91 Å². The minimum Gasteiger partial charge on any atom is -0.309 e. The monoisotopic (exact) mass is 395 g/mol. The number of nitrogens with zero attached hydrogens (tertiary/aromatic N) is 3. The van der Waals surface area contributed by atoms with Crippen molar-refractivity contribution in [1.82, 2.24) is 9.88 Å². The van der Waals surface area contributed by atoms with Gasteiger partial charge in [0.2, 0.25) is 5.91 Å². The summed E-state index contributed by atoms with van der Waals surface area (Å²) in [5.74, 6) is 0.109. The van der Waals surface area contributed by atoms with Crippen LogP contribution in [0, 0.1) is 20.8 Å². The number of amides is 1. The molecule has 1 heterocycles. The Kier molecular flexibility index (Phi) is 6.47. The second-order valence-electron chi connectivity index (χ2n) is 7.72. The van der Waals surface area contributed by atoms with E-state index in [0.29, 0.717) is 13.0 Å². The summed E-state index contributed by atoms with van der Waals surface area (Å²) in [7, 11) is 4.12. The number of rotatable bonds is 7. The van der Waals surface area contributed by atoms with Crippen LogP contribution in [-0.2, 0) is 11.2 Å². The molecule has 0 unspecified atom stereocenters. The number of thiazole rings is 1. The third-order valence-corrected chi connectivity index (χ3v) is 6.07. The van der Waals surface area contributed by atoms with Gasteiger partial charge in [-0.1, -0.05) is 47.2 Å². The van der Waals surface area contributed by atoms with E-state index in [1.807, 2.05) is 17.0 Å². The summed E-state index contributed by atoms with van der Waals surface area (Å²) in [5, 5.41) is 0.806. The molecule has 1 aromatic heterocycles. The molecular formula is C23H29N3OS. The molecule has 0 saturated carbocycles. The Hall–Kier alpha value is -2.24. The molecule has 28 heavy (non-hydrogen) atoms. The van der Waals surface area contributed by atoms with Gasteiger partial charge in [0.1, 0.15) is 0 Å². The average Bonchev–Trinajstić information content (AvgIpc) is 3.06. The lowest BCUT2D eigenvalue weighted by atomic mass is 10.1. The fourth-order valence-corrected chi connectivity index (χ4v) is 4.36. The topological polar surface area (TPSA) is 36.4 Å². The van der Waals surface area contributed by atoms with Crippen LogP contribution >= 0.6 is 11.3 Å². The van der Waals surface area contributed by atoms with E-state index in [9.17, 15) is 4.79 Å². The van der Waals surface area contributed by atoms with Crippen LogP contribution in [0.3, 0.4) is 0 Å². The first kappa shape index (κ1) is 20.5. The van der Waals surface area contributed by atoms with Crippen molar-refractivity contribution < 1.29 is 4.79 Å². The minimum atomic E-state index is 0.109. The Morgan fingerprint density at radius 1 is 1.07 bits per heavy atom. The lowest BCUT2D eigenvalue weighted by Gasteiger charge is -2.21. The molecule has 0 bridgehead atoms. The lowest BCUT2D eigenvalue weighted by Crippen LogP contribution is -2.34. The number of carbonyl (C=O) groups excluding carboxylic acids is 1. The smallest absolute Gasteiger partial charge is 0.233 e. The van der Waals surface area contributed by atoms with E-state index in [1.165, 1.54) is 16.7 Å². The predicted molar refractivity (Wildman–Crippen MR) is 120 cm³/mol. The fourth-order valence-electron chi connectivity index (χ4n) is 3.29. The van der Waals surface area contributed by atoms with Crippen LogP contribution in [0.1, 0.15) is 28.7 Å². The largest absolute Gasteiger partial charge is 0.309 e. The van der Waals surface area contributed by atoms with Crippen molar-refractivity contribution in [3.05, 3.63) is 58.7 Å². The maximum atomic E-state index is 13.2. The molecule has 0 aliphatic rings. The fraction of sp³-hybridized carbons (Fsp3) is 0.391. The standard InChI is InChI=1S/C23H29N3OS/c1-16-8-6-9-19(14-16)15-21(27)26(13-7-12-25(4)5)23-24-22-18(3)17(2)10-11-20(22)28-23/h6,8-11,14H,7,12-13,15H2,1-5H3. The predicted octanol–water partition coefficient (Wildman–Crippen LogP) is 4.75. The van der Waals surface area contributed by atoms with Crippen LogP contribution < -0.4 is 4.90 Å². The molecule has 0 aliphatic carbocycles. The number of carbonyl (C=O) groups is 1. The van der Waals surface area contributed by atoms with Gasteiger partial charge in [0.15, 0.2) is 5.13 Å². The molecule has 4 nitrogen and oxygen atoms in total. The van der Waals surface area contributed by atoms with Crippen LogP contribution in [0.25, 0.3) is 10.2 Å². The minimum absolute atomic E-state index is 0.109. The van der Waals surface area contributed by atoms with Crippen molar-refractivity contribution in [2.45, 2.75) is 33.6 Å². The summed E-state index contributed by atoms with van der Waals surface area (Å²) in [6, 6.07) is 12.4. The van der Waals surface area contributed by atoms with Crippen molar-refractivity contribution in [3.63, 3.8) is 0 Å². The molecule has 5 heteroatoms. The van der Waals surface area contributed by atoms with Gasteiger partial charge in [0.25, 0.3) is 0 Å². The molecular weight excluding hydrogens is 366 g/mol. The van der Waals surface area contributed by atoms with E-state index in [2.05, 4.69) is 64.0 Å². The van der Waals surface area contributed by atoms with Crippen molar-refractivity contribution in [1.29, 1.82) is 0 Å². The van der Waals surface area contributed by atoms with Crippen LogP contribution in [-0.4, -0.2) is 43.0 Å². The number of aromatic nitrogens is 1. The highest BCUT2D eigenvalue weighted by Crippen LogP contribution is 2.32. The van der Waals surface area contributed by atoms with Gasteiger partial charge in [-0.05, 0) is 70.6 Å². The number of hydrogen-bond acceptors (Lipinski definition) is 4. The van der Waals surface area contributed by atoms with Crippen molar-refractivity contribution >= 4 is 32.6 Å². The number of fused-ring (bicyclic) bond motifs is 1. The molecule has 0 aliphatic heterocycles. The number of hydrogen-bond donors (Lipinski definition) is 0. The summed E-state index contributed by atoms with van der Waals surface area (Å²) in [6.07, 6.45) is 1.32. The maximum absolute atomic E-state index is 13.2. The normalized spacial score (nSPS) is 11.4. The van der Waals surface area contributed by atoms with Gasteiger partial charge < -0.3 is 4.90 Å². The van der Waals surface area contributed by atoms with Crippen LogP contribution in [0.2, 0.25) is 0 Å². The molecule has 0 radical (unpaired) electrons. The Labute approximate surface area is 171 Å². The molecule has 2 aromatic carbocycles. The van der Waals surface area contributed by atoms with Crippen molar-refractivity contribution in [2.75, 3.05) is 32.1 Å². The highest BCUT2D eigenvalue weighted by Gasteiger charge is 2.20. The van der Waals surface area contributed by atoms with E-state index in [0.717, 1.165) is 33.9 Å². The van der Waals surface area contributed by atoms with Crippen molar-refractivity contribution in [3.8, 4) is 0 Å². The summed E-state index contributed by atoms with van der Waals surface area (Å²) < 4.78 is 1.14. The molecule has 3 rings (SSSR count). The summed E-state index contributed by atoms with van der Waals surface area (Å²) in [6.45, 7) is 7.89. The SMILES string of the molecule is Cc1cccc(CC(=O)N(CCCN(C)C)c2nc3c(C)c(C)ccc3s2)c1. The second-order valence-corrected chi connectivity index (χ2v) is 8.73. The first-order valence-corrected chi connectivity index (χ1v) is 10.5. The van der Waals surface area contributed by atoms with Crippen LogP contribution in [0.15, 0.2) is 36.4 Å². The van der Waals surface area contributed by atoms with E-state index >= 15 is 0 Å². The summed E-state index contributed by atoms with van der Waals surface area (Å²) in [4.78, 5) is 22.1. The Bertz CT molecular complexity index is 977. The maximum Gasteiger partial charge on any atom is 0.233 e. The second kappa shape index (κ2) is 8.84. The first-order chi connectivity index (χ1) is 13.3. The summed E-state index contributed by atoms with van der Waals surface area (Å²) in [5.41, 5.74) is 5.67. The van der Waals surface area contributed by atoms with Gasteiger partial charge in [-0.3, -0.25) is 9.69 Å². The quantitative estimate of drug-likeness (QED) is 0.579. The Balaban J connectivity index is 1.89. The molecule has 0 saturated heterocycles. The summed E-state index contributed by atoms with van der Waals surface area (Å²) >= 11 is 1.61. The van der Waals surface area contributed by atoms with Gasteiger partial charge in [-0.2, -0.15) is 0 Å². The molecule has 0 N–H and O–H groups in total. The molecule has 0 fully saturated rings. The molecule has 1 amide bonds. The van der Waals surface area contributed by atoms with Gasteiger partial charge in [0.05, 0.1) is 16.6 Å². The molecule has 0 atom stereocenters. The zero-order valence-electron chi connectivity index (χ0n) is 17.5. The average molecular weight is 396 g/mol. The number of anilines is 1. The molecule has 0 spiro atoms. The Morgan fingerprint density at radius 3 is 2.57 bits per heavy atom. The zero-order valence-corrected chi connectivity index (χ0v) is 18.3. The van der Waals surface area contributed by atoms with E-state index < -0.39 is 0 Å². The van der Waals surface area contributed by atoms with Gasteiger partial charge in [-0.15, -0.1) is 0 Å². The highest BCUT2D eigenvalue weighted by atomic mass is 32.1. The highest BCUT2D eigenvalue weighted by molar-refractivity contribution is 7.22. The zero-order chi connectivity index (χ0) is 20.3. The lowest BCUT2D eigenvalue weighted by molar-refractivity contribution is -0.118. The molecule has 148 valence electrons. The van der Waals surface area contributed by atoms with Gasteiger partial charge >= 0.3 is 0 Å². The molecule has 3 aromatic rings.